The molecule has 17 heavy (non-hydrogen) atoms. The van der Waals surface area contributed by atoms with Gasteiger partial charge in [0.15, 0.2) is 0 Å². The lowest BCUT2D eigenvalue weighted by Crippen LogP contribution is -2.38. The van der Waals surface area contributed by atoms with Gasteiger partial charge in [0.1, 0.15) is 0 Å². The van der Waals surface area contributed by atoms with Gasteiger partial charge in [-0.25, -0.2) is 4.79 Å². The highest BCUT2D eigenvalue weighted by Gasteiger charge is 2.08. The highest BCUT2D eigenvalue weighted by atomic mass is 16.5. The fourth-order valence-corrected chi connectivity index (χ4v) is 1.62. The molecule has 0 aliphatic rings. The number of benzene rings is 1. The molecule has 0 spiro atoms. The minimum absolute atomic E-state index is 0.00575. The smallest absolute Gasteiger partial charge is 0.319 e. The lowest BCUT2D eigenvalue weighted by molar-refractivity contribution is 0.173. The maximum absolute atomic E-state index is 11.7. The van der Waals surface area contributed by atoms with Gasteiger partial charge >= 0.3 is 6.03 Å². The van der Waals surface area contributed by atoms with Gasteiger partial charge in [-0.3, -0.25) is 0 Å². The molecule has 4 heteroatoms. The number of hydrogen-bond donors (Lipinski definition) is 2. The second kappa shape index (κ2) is 6.91. The molecule has 4 nitrogen and oxygen atoms in total. The number of carbonyl (C=O) groups is 1. The molecule has 0 unspecified atom stereocenters. The SMILES string of the molecule is CCc1ccccc1NC(=O)N[C@H](C)COC. The molecule has 1 atom stereocenters. The summed E-state index contributed by atoms with van der Waals surface area (Å²) < 4.78 is 4.96. The van der Waals surface area contributed by atoms with Crippen molar-refractivity contribution in [2.24, 2.45) is 0 Å². The van der Waals surface area contributed by atoms with E-state index in [0.29, 0.717) is 6.61 Å². The average Bonchev–Trinajstić information content (AvgIpc) is 2.29. The lowest BCUT2D eigenvalue weighted by Gasteiger charge is -2.15. The number of para-hydroxylation sites is 1. The largest absolute Gasteiger partial charge is 0.383 e. The van der Waals surface area contributed by atoms with Gasteiger partial charge in [-0.1, -0.05) is 25.1 Å². The maximum Gasteiger partial charge on any atom is 0.319 e. The molecule has 1 rings (SSSR count). The number of methoxy groups -OCH3 is 1. The Balaban J connectivity index is 2.55. The number of aryl methyl sites for hydroxylation is 1. The van der Waals surface area contributed by atoms with E-state index in [1.807, 2.05) is 31.2 Å². The van der Waals surface area contributed by atoms with Crippen molar-refractivity contribution >= 4 is 11.7 Å². The molecule has 0 saturated carbocycles. The van der Waals surface area contributed by atoms with Crippen molar-refractivity contribution in [3.8, 4) is 0 Å². The summed E-state index contributed by atoms with van der Waals surface area (Å²) in [5.74, 6) is 0. The van der Waals surface area contributed by atoms with Crippen LogP contribution in [0.5, 0.6) is 0 Å². The minimum atomic E-state index is -0.199. The van der Waals surface area contributed by atoms with Crippen LogP contribution in [0.25, 0.3) is 0 Å². The lowest BCUT2D eigenvalue weighted by atomic mass is 10.1. The molecule has 94 valence electrons. The van der Waals surface area contributed by atoms with Crippen LogP contribution >= 0.6 is 0 Å². The number of carbonyl (C=O) groups excluding carboxylic acids is 1. The van der Waals surface area contributed by atoms with Crippen LogP contribution in [-0.4, -0.2) is 25.8 Å². The van der Waals surface area contributed by atoms with Crippen LogP contribution in [0.4, 0.5) is 10.5 Å². The molecule has 1 aromatic carbocycles. The summed E-state index contributed by atoms with van der Waals surface area (Å²) in [5.41, 5.74) is 1.99. The third-order valence-electron chi connectivity index (χ3n) is 2.44. The van der Waals surface area contributed by atoms with Gasteiger partial charge in [-0.2, -0.15) is 0 Å². The molecule has 0 radical (unpaired) electrons. The second-order valence-electron chi connectivity index (χ2n) is 3.97. The van der Waals surface area contributed by atoms with E-state index in [1.165, 1.54) is 0 Å². The van der Waals surface area contributed by atoms with Crippen LogP contribution < -0.4 is 10.6 Å². The molecule has 0 heterocycles. The summed E-state index contributed by atoms with van der Waals surface area (Å²) in [5, 5.41) is 5.65. The average molecular weight is 236 g/mol. The van der Waals surface area contributed by atoms with Crippen molar-refractivity contribution in [3.63, 3.8) is 0 Å². The van der Waals surface area contributed by atoms with E-state index in [9.17, 15) is 4.79 Å². The Bertz CT molecular complexity index is 366. The monoisotopic (exact) mass is 236 g/mol. The van der Waals surface area contributed by atoms with E-state index in [1.54, 1.807) is 7.11 Å². The first-order chi connectivity index (χ1) is 8.17. The zero-order valence-electron chi connectivity index (χ0n) is 10.6. The van der Waals surface area contributed by atoms with Crippen LogP contribution in [-0.2, 0) is 11.2 Å². The van der Waals surface area contributed by atoms with Gasteiger partial charge in [0, 0.05) is 12.8 Å². The van der Waals surface area contributed by atoms with Gasteiger partial charge in [0.05, 0.1) is 12.6 Å². The predicted octanol–water partition coefficient (Wildman–Crippen LogP) is 2.41. The second-order valence-corrected chi connectivity index (χ2v) is 3.97. The Morgan fingerprint density at radius 1 is 1.41 bits per heavy atom. The normalized spacial score (nSPS) is 11.9. The van der Waals surface area contributed by atoms with Crippen LogP contribution in [0.3, 0.4) is 0 Å². The molecule has 0 fully saturated rings. The van der Waals surface area contributed by atoms with Gasteiger partial charge in [0.2, 0.25) is 0 Å². The highest BCUT2D eigenvalue weighted by Crippen LogP contribution is 2.14. The first-order valence-electron chi connectivity index (χ1n) is 5.81. The quantitative estimate of drug-likeness (QED) is 0.824. The summed E-state index contributed by atoms with van der Waals surface area (Å²) in [4.78, 5) is 11.7. The third kappa shape index (κ3) is 4.44. The maximum atomic E-state index is 11.7. The number of amides is 2. The van der Waals surface area contributed by atoms with Crippen molar-refractivity contribution in [1.29, 1.82) is 0 Å². The summed E-state index contributed by atoms with van der Waals surface area (Å²) >= 11 is 0. The molecule has 0 aliphatic carbocycles. The molecular formula is C13H20N2O2. The van der Waals surface area contributed by atoms with E-state index >= 15 is 0 Å². The van der Waals surface area contributed by atoms with Crippen LogP contribution in [0.1, 0.15) is 19.4 Å². The number of hydrogen-bond acceptors (Lipinski definition) is 2. The molecule has 2 N–H and O–H groups in total. The van der Waals surface area contributed by atoms with Gasteiger partial charge < -0.3 is 15.4 Å². The van der Waals surface area contributed by atoms with E-state index in [2.05, 4.69) is 17.6 Å². The fourth-order valence-electron chi connectivity index (χ4n) is 1.62. The Morgan fingerprint density at radius 2 is 2.12 bits per heavy atom. The van der Waals surface area contributed by atoms with Crippen LogP contribution in [0.15, 0.2) is 24.3 Å². The topological polar surface area (TPSA) is 50.4 Å². The number of urea groups is 1. The molecule has 0 aliphatic heterocycles. The van der Waals surface area contributed by atoms with E-state index in [4.69, 9.17) is 4.74 Å². The Hall–Kier alpha value is -1.55. The zero-order chi connectivity index (χ0) is 12.7. The highest BCUT2D eigenvalue weighted by molar-refractivity contribution is 5.90. The minimum Gasteiger partial charge on any atom is -0.383 e. The first kappa shape index (κ1) is 13.5. The number of ether oxygens (including phenoxy) is 1. The molecule has 0 saturated heterocycles. The van der Waals surface area contributed by atoms with E-state index < -0.39 is 0 Å². The van der Waals surface area contributed by atoms with Crippen LogP contribution in [0.2, 0.25) is 0 Å². The Labute approximate surface area is 102 Å². The number of anilines is 1. The molecule has 0 bridgehead atoms. The van der Waals surface area contributed by atoms with Crippen molar-refractivity contribution in [2.75, 3.05) is 19.0 Å². The predicted molar refractivity (Wildman–Crippen MR) is 69.3 cm³/mol. The van der Waals surface area contributed by atoms with E-state index in [0.717, 1.165) is 17.7 Å². The van der Waals surface area contributed by atoms with E-state index in [-0.39, 0.29) is 12.1 Å². The van der Waals surface area contributed by atoms with Crippen molar-refractivity contribution in [3.05, 3.63) is 29.8 Å². The number of nitrogens with one attached hydrogen (secondary N) is 2. The third-order valence-corrected chi connectivity index (χ3v) is 2.44. The van der Waals surface area contributed by atoms with Crippen molar-refractivity contribution in [1.82, 2.24) is 5.32 Å². The summed E-state index contributed by atoms with van der Waals surface area (Å²) in [7, 11) is 1.61. The van der Waals surface area contributed by atoms with Gasteiger partial charge in [-0.05, 0) is 25.0 Å². The Morgan fingerprint density at radius 3 is 2.76 bits per heavy atom. The molecule has 1 aromatic rings. The van der Waals surface area contributed by atoms with Crippen molar-refractivity contribution < 1.29 is 9.53 Å². The van der Waals surface area contributed by atoms with Crippen LogP contribution in [0, 0.1) is 0 Å². The first-order valence-corrected chi connectivity index (χ1v) is 5.81. The summed E-state index contributed by atoms with van der Waals surface area (Å²) in [6.45, 7) is 4.46. The van der Waals surface area contributed by atoms with Crippen molar-refractivity contribution in [2.45, 2.75) is 26.3 Å². The number of rotatable bonds is 5. The zero-order valence-corrected chi connectivity index (χ0v) is 10.6. The fraction of sp³-hybridized carbons (Fsp3) is 0.462. The van der Waals surface area contributed by atoms with Gasteiger partial charge in [-0.15, -0.1) is 0 Å². The van der Waals surface area contributed by atoms with Gasteiger partial charge in [0.25, 0.3) is 0 Å². The standard InChI is InChI=1S/C13H20N2O2/c1-4-11-7-5-6-8-12(11)15-13(16)14-10(2)9-17-3/h5-8,10H,4,9H2,1-3H3,(H2,14,15,16)/t10-/m1/s1. The summed E-state index contributed by atoms with van der Waals surface area (Å²) in [6.07, 6.45) is 0.893. The molecule has 2 amide bonds. The molecule has 0 aromatic heterocycles. The Kier molecular flexibility index (Phi) is 5.49. The molecular weight excluding hydrogens is 216 g/mol. The summed E-state index contributed by atoms with van der Waals surface area (Å²) in [6, 6.07) is 7.58.